The molecule has 1 aromatic heterocycles. The molecule has 0 atom stereocenters. The van der Waals surface area contributed by atoms with Crippen LogP contribution in [0, 0.1) is 0 Å². The lowest BCUT2D eigenvalue weighted by Gasteiger charge is -2.35. The number of nitrogens with zero attached hydrogens (tertiary/aromatic N) is 4. The van der Waals surface area contributed by atoms with Gasteiger partial charge in [0, 0.05) is 36.1 Å². The fourth-order valence-electron chi connectivity index (χ4n) is 2.59. The molecule has 0 radical (unpaired) electrons. The Kier molecular flexibility index (Phi) is 5.25. The lowest BCUT2D eigenvalue weighted by Crippen LogP contribution is -2.46. The van der Waals surface area contributed by atoms with Gasteiger partial charge in [0.2, 0.25) is 0 Å². The second-order valence-corrected chi connectivity index (χ2v) is 6.89. The van der Waals surface area contributed by atoms with Crippen LogP contribution in [0.2, 0.25) is 5.02 Å². The topological polar surface area (TPSA) is 58.3 Å². The standard InChI is InChI=1S/C16H20ClN5S/c1-2-21-7-9-22(10-8-21)15-14(18)16(20-11-19-15)23-13-5-3-12(17)4-6-13/h3-6,11H,2,7-10,18H2,1H3. The molecule has 122 valence electrons. The Bertz CT molecular complexity index is 656. The molecule has 0 amide bonds. The first-order chi connectivity index (χ1) is 11.2. The van der Waals surface area contributed by atoms with Crippen LogP contribution in [0.3, 0.4) is 0 Å². The van der Waals surface area contributed by atoms with E-state index in [1.54, 1.807) is 6.33 Å². The number of aromatic nitrogens is 2. The van der Waals surface area contributed by atoms with E-state index >= 15 is 0 Å². The molecular weight excluding hydrogens is 330 g/mol. The van der Waals surface area contributed by atoms with Gasteiger partial charge < -0.3 is 15.5 Å². The van der Waals surface area contributed by atoms with E-state index in [4.69, 9.17) is 17.3 Å². The first-order valence-electron chi connectivity index (χ1n) is 7.68. The average molecular weight is 350 g/mol. The molecule has 3 rings (SSSR count). The van der Waals surface area contributed by atoms with Crippen molar-refractivity contribution in [3.63, 3.8) is 0 Å². The summed E-state index contributed by atoms with van der Waals surface area (Å²) < 4.78 is 0. The number of piperazine rings is 1. The van der Waals surface area contributed by atoms with Crippen molar-refractivity contribution in [1.82, 2.24) is 14.9 Å². The highest BCUT2D eigenvalue weighted by Crippen LogP contribution is 2.34. The third kappa shape index (κ3) is 3.88. The molecule has 2 heterocycles. The molecule has 1 saturated heterocycles. The van der Waals surface area contributed by atoms with Crippen molar-refractivity contribution in [1.29, 1.82) is 0 Å². The smallest absolute Gasteiger partial charge is 0.156 e. The second-order valence-electron chi connectivity index (χ2n) is 5.39. The SMILES string of the molecule is CCN1CCN(c2ncnc(Sc3ccc(Cl)cc3)c2N)CC1. The number of rotatable bonds is 4. The van der Waals surface area contributed by atoms with Crippen LogP contribution < -0.4 is 10.6 Å². The average Bonchev–Trinajstić information content (AvgIpc) is 2.59. The highest BCUT2D eigenvalue weighted by molar-refractivity contribution is 7.99. The quantitative estimate of drug-likeness (QED) is 0.856. The van der Waals surface area contributed by atoms with Gasteiger partial charge in [0.15, 0.2) is 5.82 Å². The molecule has 2 N–H and O–H groups in total. The number of hydrogen-bond donors (Lipinski definition) is 1. The van der Waals surface area contributed by atoms with Crippen molar-refractivity contribution >= 4 is 34.9 Å². The summed E-state index contributed by atoms with van der Waals surface area (Å²) in [4.78, 5) is 14.5. The number of nitrogens with two attached hydrogens (primary N) is 1. The fourth-order valence-corrected chi connectivity index (χ4v) is 3.52. The van der Waals surface area contributed by atoms with Crippen LogP contribution in [0.25, 0.3) is 0 Å². The maximum Gasteiger partial charge on any atom is 0.156 e. The highest BCUT2D eigenvalue weighted by atomic mass is 35.5. The van der Waals surface area contributed by atoms with Crippen molar-refractivity contribution in [2.75, 3.05) is 43.4 Å². The lowest BCUT2D eigenvalue weighted by atomic mass is 10.3. The van der Waals surface area contributed by atoms with Crippen molar-refractivity contribution in [3.8, 4) is 0 Å². The summed E-state index contributed by atoms with van der Waals surface area (Å²) in [5.41, 5.74) is 6.98. The van der Waals surface area contributed by atoms with Gasteiger partial charge in [0.1, 0.15) is 17.0 Å². The minimum atomic E-state index is 0.650. The normalized spacial score (nSPS) is 15.8. The molecule has 0 saturated carbocycles. The van der Waals surface area contributed by atoms with Crippen molar-refractivity contribution < 1.29 is 0 Å². The molecule has 0 spiro atoms. The molecule has 23 heavy (non-hydrogen) atoms. The van der Waals surface area contributed by atoms with Gasteiger partial charge in [-0.2, -0.15) is 0 Å². The first-order valence-corrected chi connectivity index (χ1v) is 8.88. The number of hydrogen-bond acceptors (Lipinski definition) is 6. The molecule has 5 nitrogen and oxygen atoms in total. The molecule has 1 aliphatic heterocycles. The zero-order valence-electron chi connectivity index (χ0n) is 13.1. The van der Waals surface area contributed by atoms with Crippen LogP contribution in [0.1, 0.15) is 6.92 Å². The summed E-state index contributed by atoms with van der Waals surface area (Å²) in [7, 11) is 0. The van der Waals surface area contributed by atoms with Gasteiger partial charge in [0.05, 0.1) is 0 Å². The summed E-state index contributed by atoms with van der Waals surface area (Å²) in [6, 6.07) is 7.67. The van der Waals surface area contributed by atoms with Crippen molar-refractivity contribution in [3.05, 3.63) is 35.6 Å². The Morgan fingerprint density at radius 1 is 1.13 bits per heavy atom. The Labute approximate surface area is 145 Å². The van der Waals surface area contributed by atoms with Gasteiger partial charge in [0.25, 0.3) is 0 Å². The number of halogens is 1. The van der Waals surface area contributed by atoms with Crippen LogP contribution in [-0.2, 0) is 0 Å². The zero-order valence-corrected chi connectivity index (χ0v) is 14.6. The number of anilines is 2. The molecule has 7 heteroatoms. The summed E-state index contributed by atoms with van der Waals surface area (Å²) in [5, 5.41) is 1.51. The largest absolute Gasteiger partial charge is 0.394 e. The van der Waals surface area contributed by atoms with Gasteiger partial charge >= 0.3 is 0 Å². The fraction of sp³-hybridized carbons (Fsp3) is 0.375. The van der Waals surface area contributed by atoms with Crippen LogP contribution in [0.5, 0.6) is 0 Å². The maximum absolute atomic E-state index is 6.33. The summed E-state index contributed by atoms with van der Waals surface area (Å²) in [6.45, 7) is 7.25. The third-order valence-electron chi connectivity index (χ3n) is 3.97. The number of benzene rings is 1. The predicted octanol–water partition coefficient (Wildman–Crippen LogP) is 3.01. The highest BCUT2D eigenvalue weighted by Gasteiger charge is 2.20. The molecule has 1 fully saturated rings. The van der Waals surface area contributed by atoms with Gasteiger partial charge in [-0.3, -0.25) is 0 Å². The lowest BCUT2D eigenvalue weighted by molar-refractivity contribution is 0.270. The van der Waals surface area contributed by atoms with Gasteiger partial charge in [-0.15, -0.1) is 0 Å². The molecule has 0 aliphatic carbocycles. The summed E-state index contributed by atoms with van der Waals surface area (Å²) in [6.07, 6.45) is 1.59. The molecule has 0 unspecified atom stereocenters. The Morgan fingerprint density at radius 3 is 2.48 bits per heavy atom. The van der Waals surface area contributed by atoms with Gasteiger partial charge in [-0.05, 0) is 30.8 Å². The predicted molar refractivity (Wildman–Crippen MR) is 96.3 cm³/mol. The first kappa shape index (κ1) is 16.4. The maximum atomic E-state index is 6.33. The third-order valence-corrected chi connectivity index (χ3v) is 5.25. The Hall–Kier alpha value is -1.50. The van der Waals surface area contributed by atoms with E-state index in [0.29, 0.717) is 5.69 Å². The van der Waals surface area contributed by atoms with E-state index in [-0.39, 0.29) is 0 Å². The van der Waals surface area contributed by atoms with E-state index in [9.17, 15) is 0 Å². The Balaban J connectivity index is 1.77. The van der Waals surface area contributed by atoms with E-state index in [0.717, 1.165) is 53.5 Å². The second kappa shape index (κ2) is 7.38. The van der Waals surface area contributed by atoms with Crippen LogP contribution in [0.4, 0.5) is 11.5 Å². The van der Waals surface area contributed by atoms with Crippen LogP contribution >= 0.6 is 23.4 Å². The molecular formula is C16H20ClN5S. The summed E-state index contributed by atoms with van der Waals surface area (Å²) in [5.74, 6) is 0.840. The van der Waals surface area contributed by atoms with E-state index in [2.05, 4.69) is 26.7 Å². The van der Waals surface area contributed by atoms with Crippen molar-refractivity contribution in [2.45, 2.75) is 16.8 Å². The van der Waals surface area contributed by atoms with Crippen LogP contribution in [-0.4, -0.2) is 47.6 Å². The van der Waals surface area contributed by atoms with E-state index < -0.39 is 0 Å². The minimum Gasteiger partial charge on any atom is -0.394 e. The van der Waals surface area contributed by atoms with Crippen molar-refractivity contribution in [2.24, 2.45) is 0 Å². The molecule has 1 aromatic carbocycles. The molecule has 0 bridgehead atoms. The minimum absolute atomic E-state index is 0.650. The zero-order chi connectivity index (χ0) is 16.2. The van der Waals surface area contributed by atoms with E-state index in [1.807, 2.05) is 24.3 Å². The molecule has 1 aliphatic rings. The van der Waals surface area contributed by atoms with Crippen LogP contribution in [0.15, 0.2) is 40.5 Å². The van der Waals surface area contributed by atoms with E-state index in [1.165, 1.54) is 11.8 Å². The monoisotopic (exact) mass is 349 g/mol. The molecule has 2 aromatic rings. The van der Waals surface area contributed by atoms with Gasteiger partial charge in [-0.1, -0.05) is 30.3 Å². The number of nitrogen functional groups attached to an aromatic ring is 1. The number of likely N-dealkylation sites (N-methyl/N-ethyl adjacent to an activating group) is 1. The Morgan fingerprint density at radius 2 is 1.83 bits per heavy atom. The van der Waals surface area contributed by atoms with Gasteiger partial charge in [-0.25, -0.2) is 9.97 Å². The summed E-state index contributed by atoms with van der Waals surface area (Å²) >= 11 is 7.46.